The lowest BCUT2D eigenvalue weighted by Crippen LogP contribution is -2.63. The highest BCUT2D eigenvalue weighted by atomic mass is 16.5. The average molecular weight is 688 g/mol. The standard InChI is InChI=1S/C35H41N7O8/c1-49-27-15-9-23(10-16-27)20-28(40-35(48)50-22-24-6-3-2-4-7-24)32(46)42-19-18-41(21-30(43)44)33(47)29(42)8-5-17-38-31(45)25-11-13-26(14-12-25)39-34(36)37/h2-4,6-7,9-16,28-29H,5,8,17-22H2,1H3,(H,38,45)(H,40,48)(H,43,44)(H4,36,37,39). The first kappa shape index (κ1) is 36.7. The van der Waals surface area contributed by atoms with Crippen molar-refractivity contribution in [3.8, 4) is 5.75 Å². The van der Waals surface area contributed by atoms with Crippen LogP contribution in [0.15, 0.2) is 83.9 Å². The minimum Gasteiger partial charge on any atom is -0.497 e. The second kappa shape index (κ2) is 17.9. The molecule has 2 atom stereocenters. The topological polar surface area (TPSA) is 219 Å². The van der Waals surface area contributed by atoms with Crippen LogP contribution >= 0.6 is 0 Å². The number of amides is 4. The molecule has 0 bridgehead atoms. The van der Waals surface area contributed by atoms with Crippen LogP contribution in [0.1, 0.15) is 34.3 Å². The van der Waals surface area contributed by atoms with E-state index < -0.39 is 42.5 Å². The van der Waals surface area contributed by atoms with Crippen LogP contribution in [0.4, 0.5) is 10.5 Å². The number of alkyl carbamates (subject to hydrolysis) is 1. The molecule has 3 aromatic rings. The fourth-order valence-electron chi connectivity index (χ4n) is 5.44. The summed E-state index contributed by atoms with van der Waals surface area (Å²) >= 11 is 0. The highest BCUT2D eigenvalue weighted by Gasteiger charge is 2.40. The third-order valence-electron chi connectivity index (χ3n) is 7.92. The van der Waals surface area contributed by atoms with Gasteiger partial charge in [0, 0.05) is 31.6 Å². The Labute approximate surface area is 289 Å². The summed E-state index contributed by atoms with van der Waals surface area (Å²) < 4.78 is 10.6. The fourth-order valence-corrected chi connectivity index (χ4v) is 5.44. The molecule has 15 nitrogen and oxygen atoms in total. The van der Waals surface area contributed by atoms with Gasteiger partial charge in [-0.1, -0.05) is 42.5 Å². The molecule has 7 N–H and O–H groups in total. The van der Waals surface area contributed by atoms with E-state index in [0.717, 1.165) is 5.56 Å². The molecule has 264 valence electrons. The molecule has 15 heteroatoms. The summed E-state index contributed by atoms with van der Waals surface area (Å²) in [7, 11) is 1.53. The molecular weight excluding hydrogens is 646 g/mol. The predicted octanol–water partition coefficient (Wildman–Crippen LogP) is 1.77. The monoisotopic (exact) mass is 687 g/mol. The van der Waals surface area contributed by atoms with E-state index >= 15 is 0 Å². The van der Waals surface area contributed by atoms with Crippen LogP contribution in [0.25, 0.3) is 0 Å². The molecule has 0 radical (unpaired) electrons. The summed E-state index contributed by atoms with van der Waals surface area (Å²) in [5.74, 6) is -2.12. The fraction of sp³-hybridized carbons (Fsp3) is 0.314. The van der Waals surface area contributed by atoms with Crippen molar-refractivity contribution in [2.75, 3.05) is 33.3 Å². The van der Waals surface area contributed by atoms with Gasteiger partial charge in [-0.3, -0.25) is 19.2 Å². The van der Waals surface area contributed by atoms with Gasteiger partial charge in [0.15, 0.2) is 5.96 Å². The number of nitrogens with one attached hydrogen (secondary N) is 2. The second-order valence-electron chi connectivity index (χ2n) is 11.5. The SMILES string of the molecule is COc1ccc(CC(NC(=O)OCc2ccccc2)C(=O)N2CCN(CC(=O)O)C(=O)C2CCCNC(=O)c2ccc(N=C(N)N)cc2)cc1. The maximum absolute atomic E-state index is 14.2. The molecule has 0 spiro atoms. The van der Waals surface area contributed by atoms with E-state index in [1.54, 1.807) is 60.7 Å². The van der Waals surface area contributed by atoms with Crippen LogP contribution in [-0.2, 0) is 32.1 Å². The van der Waals surface area contributed by atoms with Gasteiger partial charge in [0.25, 0.3) is 5.91 Å². The minimum atomic E-state index is -1.18. The molecule has 1 aliphatic rings. The van der Waals surface area contributed by atoms with Gasteiger partial charge in [-0.15, -0.1) is 0 Å². The van der Waals surface area contributed by atoms with Crippen LogP contribution in [-0.4, -0.2) is 96.0 Å². The third kappa shape index (κ3) is 10.7. The number of benzene rings is 3. The number of ether oxygens (including phenoxy) is 2. The molecule has 2 unspecified atom stereocenters. The van der Waals surface area contributed by atoms with Crippen molar-refractivity contribution in [2.24, 2.45) is 16.5 Å². The van der Waals surface area contributed by atoms with Crippen molar-refractivity contribution >= 4 is 41.4 Å². The maximum Gasteiger partial charge on any atom is 0.408 e. The highest BCUT2D eigenvalue weighted by Crippen LogP contribution is 2.20. The number of carbonyl (C=O) groups is 5. The Morgan fingerprint density at radius 3 is 2.30 bits per heavy atom. The van der Waals surface area contributed by atoms with Gasteiger partial charge in [0.2, 0.25) is 11.8 Å². The van der Waals surface area contributed by atoms with Crippen LogP contribution < -0.4 is 26.8 Å². The van der Waals surface area contributed by atoms with Gasteiger partial charge in [-0.05, 0) is 60.4 Å². The quantitative estimate of drug-likeness (QED) is 0.0886. The van der Waals surface area contributed by atoms with E-state index in [1.807, 2.05) is 18.2 Å². The number of rotatable bonds is 15. The van der Waals surface area contributed by atoms with Crippen molar-refractivity contribution in [3.63, 3.8) is 0 Å². The normalized spacial score (nSPS) is 14.7. The number of aliphatic carboxylic acids is 1. The lowest BCUT2D eigenvalue weighted by molar-refractivity contribution is -0.156. The van der Waals surface area contributed by atoms with Crippen LogP contribution in [0.2, 0.25) is 0 Å². The first-order valence-electron chi connectivity index (χ1n) is 15.9. The Bertz CT molecular complexity index is 1660. The summed E-state index contributed by atoms with van der Waals surface area (Å²) in [6.07, 6.45) is -0.327. The smallest absolute Gasteiger partial charge is 0.408 e. The van der Waals surface area contributed by atoms with Crippen molar-refractivity contribution < 1.29 is 38.6 Å². The summed E-state index contributed by atoms with van der Waals surface area (Å²) in [6, 6.07) is 20.2. The molecule has 1 saturated heterocycles. The zero-order chi connectivity index (χ0) is 36.0. The Balaban J connectivity index is 1.47. The molecule has 50 heavy (non-hydrogen) atoms. The molecule has 1 aliphatic heterocycles. The maximum atomic E-state index is 14.2. The number of nitrogens with zero attached hydrogens (tertiary/aromatic N) is 3. The van der Waals surface area contributed by atoms with Crippen molar-refractivity contribution in [1.82, 2.24) is 20.4 Å². The molecule has 0 saturated carbocycles. The second-order valence-corrected chi connectivity index (χ2v) is 11.5. The number of nitrogens with two attached hydrogens (primary N) is 2. The Morgan fingerprint density at radius 1 is 0.960 bits per heavy atom. The molecule has 4 rings (SSSR count). The molecule has 0 aromatic heterocycles. The van der Waals surface area contributed by atoms with E-state index in [1.165, 1.54) is 16.9 Å². The van der Waals surface area contributed by atoms with Gasteiger partial charge in [0.05, 0.1) is 12.8 Å². The third-order valence-corrected chi connectivity index (χ3v) is 7.92. The summed E-state index contributed by atoms with van der Waals surface area (Å²) in [5.41, 5.74) is 13.1. The van der Waals surface area contributed by atoms with Crippen molar-refractivity contribution in [2.45, 2.75) is 38.0 Å². The number of hydrogen-bond donors (Lipinski definition) is 5. The van der Waals surface area contributed by atoms with E-state index in [9.17, 15) is 29.1 Å². The number of carboxylic acid groups (broad SMARTS) is 1. The van der Waals surface area contributed by atoms with Gasteiger partial charge < -0.3 is 46.5 Å². The van der Waals surface area contributed by atoms with E-state index in [0.29, 0.717) is 22.6 Å². The number of carboxylic acids is 1. The van der Waals surface area contributed by atoms with Crippen molar-refractivity contribution in [1.29, 1.82) is 0 Å². The van der Waals surface area contributed by atoms with E-state index in [-0.39, 0.29) is 57.4 Å². The lowest BCUT2D eigenvalue weighted by atomic mass is 10.00. The van der Waals surface area contributed by atoms with Gasteiger partial charge in [0.1, 0.15) is 31.0 Å². The zero-order valence-corrected chi connectivity index (χ0v) is 27.6. The predicted molar refractivity (Wildman–Crippen MR) is 183 cm³/mol. The van der Waals surface area contributed by atoms with Crippen LogP contribution in [0.5, 0.6) is 5.75 Å². The summed E-state index contributed by atoms with van der Waals surface area (Å²) in [5, 5.41) is 14.9. The number of guanidine groups is 1. The highest BCUT2D eigenvalue weighted by molar-refractivity contribution is 5.95. The van der Waals surface area contributed by atoms with Gasteiger partial charge >= 0.3 is 12.1 Å². The molecular formula is C35H41N7O8. The van der Waals surface area contributed by atoms with Crippen LogP contribution in [0, 0.1) is 0 Å². The Morgan fingerprint density at radius 2 is 1.66 bits per heavy atom. The Kier molecular flexibility index (Phi) is 13.1. The average Bonchev–Trinajstić information content (AvgIpc) is 3.10. The van der Waals surface area contributed by atoms with E-state index in [4.69, 9.17) is 20.9 Å². The van der Waals surface area contributed by atoms with Gasteiger partial charge in [-0.2, -0.15) is 0 Å². The molecule has 3 aromatic carbocycles. The van der Waals surface area contributed by atoms with E-state index in [2.05, 4.69) is 15.6 Å². The summed E-state index contributed by atoms with van der Waals surface area (Å²) in [6.45, 7) is -0.344. The summed E-state index contributed by atoms with van der Waals surface area (Å²) in [4.78, 5) is 71.5. The van der Waals surface area contributed by atoms with Crippen LogP contribution in [0.3, 0.4) is 0 Å². The molecule has 4 amide bonds. The largest absolute Gasteiger partial charge is 0.497 e. The lowest BCUT2D eigenvalue weighted by Gasteiger charge is -2.41. The van der Waals surface area contributed by atoms with Crippen molar-refractivity contribution in [3.05, 3.63) is 95.6 Å². The number of hydrogen-bond acceptors (Lipinski definition) is 8. The zero-order valence-electron chi connectivity index (χ0n) is 27.6. The molecule has 0 aliphatic carbocycles. The van der Waals surface area contributed by atoms with Gasteiger partial charge in [-0.25, -0.2) is 9.79 Å². The number of methoxy groups -OCH3 is 1. The molecule has 1 fully saturated rings. The minimum absolute atomic E-state index is 0.00628. The number of piperazine rings is 1. The molecule has 1 heterocycles. The Hall–Kier alpha value is -6.12. The number of aliphatic imine (C=N–C) groups is 1. The number of carbonyl (C=O) groups excluding carboxylic acids is 4. The first-order valence-corrected chi connectivity index (χ1v) is 15.9. The first-order chi connectivity index (χ1) is 24.0.